The monoisotopic (exact) mass is 452 g/mol. The number of piperidine rings is 1. The van der Waals surface area contributed by atoms with E-state index in [9.17, 15) is 13.2 Å². The molecule has 1 aliphatic rings. The topological polar surface area (TPSA) is 105 Å². The van der Waals surface area contributed by atoms with Gasteiger partial charge in [-0.15, -0.1) is 10.2 Å². The van der Waals surface area contributed by atoms with Crippen molar-refractivity contribution in [3.05, 3.63) is 36.3 Å². The van der Waals surface area contributed by atoms with Crippen molar-refractivity contribution in [2.45, 2.75) is 25.1 Å². The van der Waals surface area contributed by atoms with Crippen LogP contribution in [0.15, 0.2) is 30.7 Å². The highest BCUT2D eigenvalue weighted by Crippen LogP contribution is 2.37. The van der Waals surface area contributed by atoms with Crippen LogP contribution in [0.3, 0.4) is 0 Å². The number of likely N-dealkylation sites (N-methyl/N-ethyl adjacent to an activating group) is 1. The molecule has 1 aromatic carbocycles. The van der Waals surface area contributed by atoms with Crippen molar-refractivity contribution >= 4 is 17.9 Å². The Morgan fingerprint density at radius 3 is 2.72 bits per heavy atom. The Hall–Kier alpha value is -3.41. The summed E-state index contributed by atoms with van der Waals surface area (Å²) in [5.74, 6) is 0.624. The highest BCUT2D eigenvalue weighted by Gasteiger charge is 2.32. The molecule has 0 saturated carbocycles. The standard InChI is InChI=1S/C19H21F3N6O.CH2O2/c1-27-7-3-4-13(10-27)24-18-26-25-17(15-9-23-11-28(15)18)14-6-5-12(19(20,21)22)8-16(14)29-2;2-1-3/h5-6,8-9,11,13H,3-4,7,10H2,1-2H3,(H,24,26);1H,(H,2,3)/t13-;/m1./s1. The molecule has 1 atom stereocenters. The first-order valence-corrected chi connectivity index (χ1v) is 9.75. The molecular formula is C20H23F3N6O3. The van der Waals surface area contributed by atoms with Gasteiger partial charge in [0.25, 0.3) is 6.47 Å². The number of carbonyl (C=O) groups is 1. The summed E-state index contributed by atoms with van der Waals surface area (Å²) in [5.41, 5.74) is 0.668. The number of likely N-dealkylation sites (tertiary alicyclic amines) is 1. The van der Waals surface area contributed by atoms with Crippen molar-refractivity contribution in [3.8, 4) is 17.0 Å². The van der Waals surface area contributed by atoms with E-state index in [1.807, 2.05) is 0 Å². The summed E-state index contributed by atoms with van der Waals surface area (Å²) in [5, 5.41) is 18.9. The fourth-order valence-corrected chi connectivity index (χ4v) is 3.66. The SMILES string of the molecule is COc1cc(C(F)(F)F)ccc1-c1nnc(N[C@@H]2CCCN(C)C2)n2cncc12.O=CO. The van der Waals surface area contributed by atoms with Crippen LogP contribution in [-0.2, 0) is 11.0 Å². The molecule has 2 N–H and O–H groups in total. The van der Waals surface area contributed by atoms with Gasteiger partial charge in [-0.1, -0.05) is 0 Å². The number of aromatic nitrogens is 4. The summed E-state index contributed by atoms with van der Waals surface area (Å²) in [6, 6.07) is 3.56. The number of nitrogens with one attached hydrogen (secondary N) is 1. The number of alkyl halides is 3. The van der Waals surface area contributed by atoms with E-state index in [2.05, 4.69) is 32.4 Å². The van der Waals surface area contributed by atoms with Gasteiger partial charge in [-0.05, 0) is 44.6 Å². The van der Waals surface area contributed by atoms with Crippen molar-refractivity contribution in [2.75, 3.05) is 32.6 Å². The zero-order valence-electron chi connectivity index (χ0n) is 17.5. The van der Waals surface area contributed by atoms with Gasteiger partial charge in [-0.25, -0.2) is 4.98 Å². The van der Waals surface area contributed by atoms with E-state index in [1.165, 1.54) is 13.2 Å². The fourth-order valence-electron chi connectivity index (χ4n) is 3.66. The van der Waals surface area contributed by atoms with Crippen molar-refractivity contribution < 1.29 is 27.8 Å². The Labute approximate surface area is 181 Å². The zero-order chi connectivity index (χ0) is 23.3. The number of carboxylic acid groups (broad SMARTS) is 1. The Bertz CT molecular complexity index is 1070. The molecule has 1 saturated heterocycles. The lowest BCUT2D eigenvalue weighted by Crippen LogP contribution is -2.40. The minimum atomic E-state index is -4.45. The Morgan fingerprint density at radius 1 is 1.31 bits per heavy atom. The van der Waals surface area contributed by atoms with Crippen LogP contribution in [0.2, 0.25) is 0 Å². The molecule has 0 radical (unpaired) electrons. The fraction of sp³-hybridized carbons (Fsp3) is 0.400. The highest BCUT2D eigenvalue weighted by atomic mass is 19.4. The van der Waals surface area contributed by atoms with Crippen LogP contribution in [0.5, 0.6) is 5.75 Å². The van der Waals surface area contributed by atoms with E-state index in [0.29, 0.717) is 22.7 Å². The van der Waals surface area contributed by atoms with E-state index in [-0.39, 0.29) is 18.3 Å². The third-order valence-corrected chi connectivity index (χ3v) is 5.10. The van der Waals surface area contributed by atoms with Crippen LogP contribution in [-0.4, -0.2) is 69.3 Å². The summed E-state index contributed by atoms with van der Waals surface area (Å²) in [6.07, 6.45) is 0.884. The van der Waals surface area contributed by atoms with Gasteiger partial charge in [0.05, 0.1) is 24.4 Å². The van der Waals surface area contributed by atoms with Gasteiger partial charge in [-0.3, -0.25) is 9.20 Å². The van der Waals surface area contributed by atoms with Crippen LogP contribution in [0.25, 0.3) is 16.8 Å². The molecule has 12 heteroatoms. The van der Waals surface area contributed by atoms with Gasteiger partial charge in [0.1, 0.15) is 17.8 Å². The molecule has 3 heterocycles. The molecule has 4 rings (SSSR count). The third kappa shape index (κ3) is 5.07. The number of anilines is 1. The van der Waals surface area contributed by atoms with E-state index in [0.717, 1.165) is 38.1 Å². The second-order valence-electron chi connectivity index (χ2n) is 7.29. The number of hydrogen-bond acceptors (Lipinski definition) is 7. The second-order valence-corrected chi connectivity index (χ2v) is 7.29. The van der Waals surface area contributed by atoms with E-state index in [4.69, 9.17) is 14.6 Å². The van der Waals surface area contributed by atoms with Crippen LogP contribution in [0, 0.1) is 0 Å². The number of nitrogens with zero attached hydrogens (tertiary/aromatic N) is 5. The minimum absolute atomic E-state index is 0.0758. The second kappa shape index (κ2) is 9.81. The maximum absolute atomic E-state index is 13.0. The molecule has 1 fully saturated rings. The third-order valence-electron chi connectivity index (χ3n) is 5.10. The average molecular weight is 452 g/mol. The first-order chi connectivity index (χ1) is 15.3. The first kappa shape index (κ1) is 23.3. The summed E-state index contributed by atoms with van der Waals surface area (Å²) in [7, 11) is 3.40. The Morgan fingerprint density at radius 2 is 2.06 bits per heavy atom. The molecular weight excluding hydrogens is 429 g/mol. The van der Waals surface area contributed by atoms with Gasteiger partial charge in [0.2, 0.25) is 5.95 Å². The molecule has 172 valence electrons. The largest absolute Gasteiger partial charge is 0.496 e. The molecule has 0 spiro atoms. The minimum Gasteiger partial charge on any atom is -0.496 e. The quantitative estimate of drug-likeness (QED) is 0.582. The number of methoxy groups -OCH3 is 1. The predicted octanol–water partition coefficient (Wildman–Crippen LogP) is 3.03. The normalized spacial score (nSPS) is 16.8. The first-order valence-electron chi connectivity index (χ1n) is 9.75. The lowest BCUT2D eigenvalue weighted by atomic mass is 10.1. The van der Waals surface area contributed by atoms with Crippen LogP contribution < -0.4 is 10.1 Å². The van der Waals surface area contributed by atoms with Crippen LogP contribution in [0.4, 0.5) is 19.1 Å². The van der Waals surface area contributed by atoms with Crippen LogP contribution >= 0.6 is 0 Å². The molecule has 0 bridgehead atoms. The summed E-state index contributed by atoms with van der Waals surface area (Å²) < 4.78 is 46.1. The van der Waals surface area contributed by atoms with E-state index >= 15 is 0 Å². The molecule has 0 unspecified atom stereocenters. The van der Waals surface area contributed by atoms with Crippen molar-refractivity contribution in [2.24, 2.45) is 0 Å². The Balaban J connectivity index is 0.000000913. The van der Waals surface area contributed by atoms with Crippen molar-refractivity contribution in [1.29, 1.82) is 0 Å². The molecule has 2 aromatic heterocycles. The number of rotatable bonds is 4. The molecule has 0 aliphatic carbocycles. The average Bonchev–Trinajstić information content (AvgIpc) is 3.24. The zero-order valence-corrected chi connectivity index (χ0v) is 17.5. The van der Waals surface area contributed by atoms with Gasteiger partial charge in [0, 0.05) is 18.2 Å². The summed E-state index contributed by atoms with van der Waals surface area (Å²) in [6.45, 7) is 1.71. The van der Waals surface area contributed by atoms with Crippen LogP contribution in [0.1, 0.15) is 18.4 Å². The van der Waals surface area contributed by atoms with Gasteiger partial charge < -0.3 is 20.1 Å². The number of fused-ring (bicyclic) bond motifs is 1. The molecule has 0 amide bonds. The summed E-state index contributed by atoms with van der Waals surface area (Å²) in [4.78, 5) is 14.8. The summed E-state index contributed by atoms with van der Waals surface area (Å²) >= 11 is 0. The van der Waals surface area contributed by atoms with E-state index < -0.39 is 11.7 Å². The maximum Gasteiger partial charge on any atom is 0.416 e. The number of ether oxygens (including phenoxy) is 1. The predicted molar refractivity (Wildman–Crippen MR) is 111 cm³/mol. The number of halogens is 3. The number of imidazole rings is 1. The Kier molecular flexibility index (Phi) is 7.13. The van der Waals surface area contributed by atoms with Gasteiger partial charge >= 0.3 is 6.18 Å². The van der Waals surface area contributed by atoms with Crippen molar-refractivity contribution in [1.82, 2.24) is 24.5 Å². The smallest absolute Gasteiger partial charge is 0.416 e. The number of hydrogen-bond donors (Lipinski definition) is 2. The number of benzene rings is 1. The van der Waals surface area contributed by atoms with E-state index in [1.54, 1.807) is 16.9 Å². The molecule has 32 heavy (non-hydrogen) atoms. The molecule has 1 aliphatic heterocycles. The lowest BCUT2D eigenvalue weighted by molar-refractivity contribution is -0.137. The molecule has 9 nitrogen and oxygen atoms in total. The lowest BCUT2D eigenvalue weighted by Gasteiger charge is -2.30. The molecule has 3 aromatic rings. The van der Waals surface area contributed by atoms with Crippen molar-refractivity contribution in [3.63, 3.8) is 0 Å². The van der Waals surface area contributed by atoms with Gasteiger partial charge in [-0.2, -0.15) is 13.2 Å². The van der Waals surface area contributed by atoms with Gasteiger partial charge in [0.15, 0.2) is 0 Å². The highest BCUT2D eigenvalue weighted by molar-refractivity contribution is 5.81. The maximum atomic E-state index is 13.0.